The largest absolute Gasteiger partial charge is 0.478 e. The Morgan fingerprint density at radius 1 is 1.55 bits per heavy atom. The number of ether oxygens (including phenoxy) is 2. The summed E-state index contributed by atoms with van der Waals surface area (Å²) in [6.07, 6.45) is 2.67. The lowest BCUT2D eigenvalue weighted by Gasteiger charge is -2.42. The van der Waals surface area contributed by atoms with E-state index in [-0.39, 0.29) is 11.7 Å². The molecule has 5 nitrogen and oxygen atoms in total. The Bertz CT molecular complexity index is 442. The Morgan fingerprint density at radius 2 is 2.35 bits per heavy atom. The van der Waals surface area contributed by atoms with E-state index >= 15 is 0 Å². The molecule has 1 aromatic rings. The zero-order valence-electron chi connectivity index (χ0n) is 12.3. The van der Waals surface area contributed by atoms with Crippen LogP contribution in [0.4, 0.5) is 5.95 Å². The fourth-order valence-corrected chi connectivity index (χ4v) is 2.46. The van der Waals surface area contributed by atoms with Crippen molar-refractivity contribution in [3.05, 3.63) is 12.3 Å². The van der Waals surface area contributed by atoms with Crippen molar-refractivity contribution in [2.24, 2.45) is 0 Å². The van der Waals surface area contributed by atoms with Crippen molar-refractivity contribution in [1.82, 2.24) is 9.97 Å². The molecule has 1 unspecified atom stereocenters. The summed E-state index contributed by atoms with van der Waals surface area (Å²) in [6.45, 7) is 8.26. The van der Waals surface area contributed by atoms with Crippen LogP contribution in [-0.4, -0.2) is 47.2 Å². The molecular formula is C14H22ClN3O2. The third-order valence-corrected chi connectivity index (χ3v) is 3.35. The maximum atomic E-state index is 5.94. The van der Waals surface area contributed by atoms with Crippen LogP contribution >= 0.6 is 11.6 Å². The van der Waals surface area contributed by atoms with Gasteiger partial charge in [-0.05, 0) is 20.3 Å². The van der Waals surface area contributed by atoms with Gasteiger partial charge >= 0.3 is 0 Å². The molecule has 1 atom stereocenters. The average Bonchev–Trinajstić information content (AvgIpc) is 2.43. The van der Waals surface area contributed by atoms with Crippen LogP contribution in [0.2, 0.25) is 0 Å². The highest BCUT2D eigenvalue weighted by Crippen LogP contribution is 2.25. The Hall–Kier alpha value is -1.07. The predicted octanol–water partition coefficient (Wildman–Crippen LogP) is 2.49. The second kappa shape index (κ2) is 6.59. The number of nitrogens with zero attached hydrogens (tertiary/aromatic N) is 3. The molecule has 0 saturated carbocycles. The van der Waals surface area contributed by atoms with E-state index in [1.165, 1.54) is 0 Å². The number of hydrogen-bond acceptors (Lipinski definition) is 5. The predicted molar refractivity (Wildman–Crippen MR) is 79.7 cm³/mol. The van der Waals surface area contributed by atoms with Crippen LogP contribution in [0.25, 0.3) is 0 Å². The third-order valence-electron chi connectivity index (χ3n) is 3.01. The van der Waals surface area contributed by atoms with Crippen molar-refractivity contribution in [2.45, 2.75) is 38.9 Å². The summed E-state index contributed by atoms with van der Waals surface area (Å²) in [4.78, 5) is 10.9. The number of halogens is 1. The maximum Gasteiger partial charge on any atom is 0.228 e. The molecule has 1 saturated heterocycles. The Morgan fingerprint density at radius 3 is 3.05 bits per heavy atom. The zero-order chi connectivity index (χ0) is 14.6. The molecule has 0 N–H and O–H groups in total. The van der Waals surface area contributed by atoms with Gasteiger partial charge in [0.05, 0.1) is 24.2 Å². The molecule has 0 amide bonds. The molecule has 1 fully saturated rings. The van der Waals surface area contributed by atoms with Crippen molar-refractivity contribution >= 4 is 17.5 Å². The molecule has 0 aliphatic carbocycles. The number of rotatable bonds is 5. The van der Waals surface area contributed by atoms with Gasteiger partial charge in [0.15, 0.2) is 0 Å². The number of anilines is 1. The molecule has 0 radical (unpaired) electrons. The van der Waals surface area contributed by atoms with Gasteiger partial charge in [-0.15, -0.1) is 11.6 Å². The van der Waals surface area contributed by atoms with Crippen LogP contribution in [0.5, 0.6) is 5.88 Å². The first kappa shape index (κ1) is 15.3. The molecule has 0 aromatic carbocycles. The van der Waals surface area contributed by atoms with E-state index in [4.69, 9.17) is 21.1 Å². The minimum atomic E-state index is -0.262. The Labute approximate surface area is 125 Å². The first-order valence-electron chi connectivity index (χ1n) is 6.98. The SMILES string of the molecule is CCCOc1ccnc(N2CC(CCl)OC(C)(C)C2)n1. The first-order valence-corrected chi connectivity index (χ1v) is 7.52. The molecule has 6 heteroatoms. The van der Waals surface area contributed by atoms with Gasteiger partial charge in [-0.2, -0.15) is 4.98 Å². The highest BCUT2D eigenvalue weighted by atomic mass is 35.5. The van der Waals surface area contributed by atoms with Crippen LogP contribution in [0, 0.1) is 0 Å². The lowest BCUT2D eigenvalue weighted by atomic mass is 10.1. The smallest absolute Gasteiger partial charge is 0.228 e. The van der Waals surface area contributed by atoms with Crippen LogP contribution in [0.1, 0.15) is 27.2 Å². The molecule has 2 rings (SSSR count). The van der Waals surface area contributed by atoms with Gasteiger partial charge in [0.2, 0.25) is 11.8 Å². The number of morpholine rings is 1. The van der Waals surface area contributed by atoms with E-state index in [0.717, 1.165) is 13.0 Å². The topological polar surface area (TPSA) is 47.5 Å². The van der Waals surface area contributed by atoms with E-state index in [1.807, 2.05) is 0 Å². The normalized spacial score (nSPS) is 21.8. The minimum absolute atomic E-state index is 0.00997. The van der Waals surface area contributed by atoms with Crippen molar-refractivity contribution in [1.29, 1.82) is 0 Å². The van der Waals surface area contributed by atoms with Crippen LogP contribution in [0.3, 0.4) is 0 Å². The van der Waals surface area contributed by atoms with Gasteiger partial charge in [-0.3, -0.25) is 0 Å². The molecular weight excluding hydrogens is 278 g/mol. The van der Waals surface area contributed by atoms with Crippen molar-refractivity contribution < 1.29 is 9.47 Å². The molecule has 112 valence electrons. The van der Waals surface area contributed by atoms with Crippen LogP contribution in [-0.2, 0) is 4.74 Å². The molecule has 1 aromatic heterocycles. The fraction of sp³-hybridized carbons (Fsp3) is 0.714. The van der Waals surface area contributed by atoms with Crippen molar-refractivity contribution in [2.75, 3.05) is 30.5 Å². The van der Waals surface area contributed by atoms with E-state index in [0.29, 0.717) is 30.9 Å². The Balaban J connectivity index is 2.13. The lowest BCUT2D eigenvalue weighted by molar-refractivity contribution is -0.0738. The van der Waals surface area contributed by atoms with Gasteiger partial charge in [0, 0.05) is 25.4 Å². The molecule has 1 aliphatic rings. The molecule has 2 heterocycles. The number of aromatic nitrogens is 2. The highest BCUT2D eigenvalue weighted by molar-refractivity contribution is 6.18. The third kappa shape index (κ3) is 3.96. The second-order valence-corrected chi connectivity index (χ2v) is 5.89. The fourth-order valence-electron chi connectivity index (χ4n) is 2.30. The molecule has 0 spiro atoms. The van der Waals surface area contributed by atoms with Gasteiger partial charge < -0.3 is 14.4 Å². The van der Waals surface area contributed by atoms with Gasteiger partial charge in [0.25, 0.3) is 0 Å². The van der Waals surface area contributed by atoms with E-state index in [2.05, 4.69) is 35.6 Å². The average molecular weight is 300 g/mol. The van der Waals surface area contributed by atoms with E-state index in [9.17, 15) is 0 Å². The number of alkyl halides is 1. The van der Waals surface area contributed by atoms with Crippen LogP contribution in [0.15, 0.2) is 12.3 Å². The number of hydrogen-bond donors (Lipinski definition) is 0. The quantitative estimate of drug-likeness (QED) is 0.782. The summed E-state index contributed by atoms with van der Waals surface area (Å²) in [5, 5.41) is 0. The maximum absolute atomic E-state index is 5.94. The summed E-state index contributed by atoms with van der Waals surface area (Å²) in [7, 11) is 0. The van der Waals surface area contributed by atoms with Crippen molar-refractivity contribution in [3.8, 4) is 5.88 Å². The van der Waals surface area contributed by atoms with Crippen molar-refractivity contribution in [3.63, 3.8) is 0 Å². The zero-order valence-corrected chi connectivity index (χ0v) is 13.1. The van der Waals surface area contributed by atoms with Gasteiger partial charge in [-0.25, -0.2) is 4.98 Å². The van der Waals surface area contributed by atoms with Crippen LogP contribution < -0.4 is 9.64 Å². The molecule has 20 heavy (non-hydrogen) atoms. The first-order chi connectivity index (χ1) is 9.54. The van der Waals surface area contributed by atoms with E-state index in [1.54, 1.807) is 12.3 Å². The monoisotopic (exact) mass is 299 g/mol. The Kier molecular flexibility index (Phi) is 5.05. The standard InChI is InChI=1S/C14H22ClN3O2/c1-4-7-19-12-5-6-16-13(17-12)18-9-11(8-15)20-14(2,3)10-18/h5-6,11H,4,7-10H2,1-3H3. The highest BCUT2D eigenvalue weighted by Gasteiger charge is 2.34. The minimum Gasteiger partial charge on any atom is -0.478 e. The summed E-state index contributed by atoms with van der Waals surface area (Å²) in [5.41, 5.74) is -0.262. The van der Waals surface area contributed by atoms with E-state index < -0.39 is 0 Å². The summed E-state index contributed by atoms with van der Waals surface area (Å²) >= 11 is 5.94. The second-order valence-electron chi connectivity index (χ2n) is 5.58. The summed E-state index contributed by atoms with van der Waals surface area (Å²) in [6, 6.07) is 1.78. The lowest BCUT2D eigenvalue weighted by Crippen LogP contribution is -2.54. The van der Waals surface area contributed by atoms with Gasteiger partial charge in [0.1, 0.15) is 0 Å². The summed E-state index contributed by atoms with van der Waals surface area (Å²) < 4.78 is 11.5. The van der Waals surface area contributed by atoms with Gasteiger partial charge in [-0.1, -0.05) is 6.92 Å². The summed E-state index contributed by atoms with van der Waals surface area (Å²) in [5.74, 6) is 1.75. The molecule has 1 aliphatic heterocycles. The molecule has 0 bridgehead atoms.